The van der Waals surface area contributed by atoms with Crippen LogP contribution in [0.1, 0.15) is 25.0 Å². The Kier molecular flexibility index (Phi) is 6.20. The van der Waals surface area contributed by atoms with Crippen molar-refractivity contribution in [2.45, 2.75) is 19.3 Å². The van der Waals surface area contributed by atoms with E-state index in [1.807, 2.05) is 0 Å². The van der Waals surface area contributed by atoms with Gasteiger partial charge in [-0.2, -0.15) is 0 Å². The van der Waals surface area contributed by atoms with Crippen LogP contribution in [0.4, 0.5) is 34.1 Å². The van der Waals surface area contributed by atoms with Gasteiger partial charge in [-0.25, -0.2) is 0 Å². The van der Waals surface area contributed by atoms with Gasteiger partial charge in [0.05, 0.1) is 11.4 Å². The second-order valence-electron chi connectivity index (χ2n) is 13.0. The van der Waals surface area contributed by atoms with E-state index >= 15 is 0 Å². The zero-order chi connectivity index (χ0) is 31.5. The summed E-state index contributed by atoms with van der Waals surface area (Å²) in [5.41, 5.74) is 9.37. The van der Waals surface area contributed by atoms with Crippen molar-refractivity contribution >= 4 is 66.4 Å². The molecule has 0 fully saturated rings. The van der Waals surface area contributed by atoms with Gasteiger partial charge in [-0.15, -0.1) is 0 Å². The van der Waals surface area contributed by atoms with Crippen LogP contribution in [-0.2, 0) is 5.41 Å². The summed E-state index contributed by atoms with van der Waals surface area (Å²) in [6.45, 7) is 4.78. The summed E-state index contributed by atoms with van der Waals surface area (Å²) in [5, 5.41) is 7.77. The first kappa shape index (κ1) is 27.5. The van der Waals surface area contributed by atoms with Crippen LogP contribution in [0.15, 0.2) is 170 Å². The van der Waals surface area contributed by atoms with E-state index < -0.39 is 0 Å². The second kappa shape index (κ2) is 10.6. The molecule has 0 saturated carbocycles. The lowest BCUT2D eigenvalue weighted by molar-refractivity contribution is 0.633. The van der Waals surface area contributed by atoms with E-state index in [0.717, 1.165) is 22.7 Å². The Morgan fingerprint density at radius 1 is 0.383 bits per heavy atom. The molecule has 0 amide bonds. The number of anilines is 6. The number of hydrogen-bond acceptors (Lipinski definition) is 2. The van der Waals surface area contributed by atoms with Crippen LogP contribution in [-0.4, -0.2) is 0 Å². The maximum absolute atomic E-state index is 2.48. The number of para-hydroxylation sites is 3. The molecule has 0 radical (unpaired) electrons. The predicted molar refractivity (Wildman–Crippen MR) is 200 cm³/mol. The molecule has 0 saturated heterocycles. The minimum Gasteiger partial charge on any atom is -0.310 e. The maximum atomic E-state index is 2.48. The van der Waals surface area contributed by atoms with Crippen LogP contribution in [0.5, 0.6) is 0 Å². The summed E-state index contributed by atoms with van der Waals surface area (Å²) in [5.74, 6) is 0. The van der Waals surface area contributed by atoms with E-state index in [1.165, 1.54) is 54.8 Å². The van der Waals surface area contributed by atoms with E-state index in [2.05, 4.69) is 194 Å². The topological polar surface area (TPSA) is 6.48 Å². The Labute approximate surface area is 275 Å². The van der Waals surface area contributed by atoms with Crippen molar-refractivity contribution in [3.8, 4) is 0 Å². The van der Waals surface area contributed by atoms with Gasteiger partial charge in [0.2, 0.25) is 0 Å². The highest BCUT2D eigenvalue weighted by Gasteiger charge is 2.38. The minimum atomic E-state index is -0.272. The normalized spacial score (nSPS) is 13.4. The van der Waals surface area contributed by atoms with E-state index in [9.17, 15) is 0 Å². The van der Waals surface area contributed by atoms with Crippen molar-refractivity contribution in [3.05, 3.63) is 181 Å². The Hall–Kier alpha value is -5.86. The summed E-state index contributed by atoms with van der Waals surface area (Å²) in [7, 11) is 0. The van der Waals surface area contributed by atoms with Crippen LogP contribution in [0.2, 0.25) is 0 Å². The number of hydrogen-bond donors (Lipinski definition) is 0. The molecule has 0 N–H and O–H groups in total. The molecule has 47 heavy (non-hydrogen) atoms. The van der Waals surface area contributed by atoms with Crippen LogP contribution in [0.3, 0.4) is 0 Å². The predicted octanol–water partition coefficient (Wildman–Crippen LogP) is 12.7. The highest BCUT2D eigenvalue weighted by Crippen LogP contribution is 2.55. The largest absolute Gasteiger partial charge is 0.310 e. The number of nitrogens with zero attached hydrogens (tertiary/aromatic N) is 2. The molecule has 2 heteroatoms. The van der Waals surface area contributed by atoms with Gasteiger partial charge in [-0.1, -0.05) is 117 Å². The monoisotopic (exact) mass is 602 g/mol. The van der Waals surface area contributed by atoms with Gasteiger partial charge in [0.1, 0.15) is 0 Å². The maximum Gasteiger partial charge on any atom is 0.0509 e. The van der Waals surface area contributed by atoms with Gasteiger partial charge >= 0.3 is 0 Å². The molecule has 9 rings (SSSR count). The van der Waals surface area contributed by atoms with Crippen LogP contribution < -0.4 is 9.80 Å². The SMILES string of the molecule is CC1(C)c2cc(N(c3ccccc3)c3ccccc3)ccc2N(c2ccccc2)c2cc3c4ccccc4c4ccccc4c3cc21. The van der Waals surface area contributed by atoms with Crippen molar-refractivity contribution in [2.75, 3.05) is 9.80 Å². The molecule has 0 bridgehead atoms. The highest BCUT2D eigenvalue weighted by molar-refractivity contribution is 6.26. The third kappa shape index (κ3) is 4.26. The van der Waals surface area contributed by atoms with E-state index in [1.54, 1.807) is 0 Å². The fourth-order valence-electron chi connectivity index (χ4n) is 7.72. The number of benzene rings is 8. The Morgan fingerprint density at radius 3 is 1.38 bits per heavy atom. The van der Waals surface area contributed by atoms with Crippen LogP contribution >= 0.6 is 0 Å². The van der Waals surface area contributed by atoms with Crippen molar-refractivity contribution in [3.63, 3.8) is 0 Å². The van der Waals surface area contributed by atoms with Gasteiger partial charge < -0.3 is 9.80 Å². The second-order valence-corrected chi connectivity index (χ2v) is 13.0. The van der Waals surface area contributed by atoms with Crippen LogP contribution in [0.25, 0.3) is 32.3 Å². The molecule has 1 aliphatic rings. The summed E-state index contributed by atoms with van der Waals surface area (Å²) in [6, 6.07) is 61.8. The minimum absolute atomic E-state index is 0.272. The fourth-order valence-corrected chi connectivity index (χ4v) is 7.72. The zero-order valence-electron chi connectivity index (χ0n) is 26.6. The molecule has 224 valence electrons. The van der Waals surface area contributed by atoms with Gasteiger partial charge in [-0.3, -0.25) is 0 Å². The first-order chi connectivity index (χ1) is 23.1. The van der Waals surface area contributed by atoms with Crippen molar-refractivity contribution < 1.29 is 0 Å². The standard InChI is InChI=1S/C45H34N2/c1-45(2)41-28-34(46(31-16-6-3-7-17-31)32-18-8-4-9-19-32)26-27-43(41)47(33-20-10-5-11-21-33)44-30-40-38-25-15-13-23-36(38)35-22-12-14-24-37(35)39(40)29-42(44)45/h3-30H,1-2H3. The molecule has 0 spiro atoms. The van der Waals surface area contributed by atoms with E-state index in [0.29, 0.717) is 0 Å². The smallest absolute Gasteiger partial charge is 0.0509 e. The lowest BCUT2D eigenvalue weighted by atomic mass is 9.72. The van der Waals surface area contributed by atoms with Crippen molar-refractivity contribution in [1.82, 2.24) is 0 Å². The molecule has 0 atom stereocenters. The number of rotatable bonds is 4. The average molecular weight is 603 g/mol. The fraction of sp³-hybridized carbons (Fsp3) is 0.0667. The van der Waals surface area contributed by atoms with Crippen LogP contribution in [0, 0.1) is 0 Å². The highest BCUT2D eigenvalue weighted by atomic mass is 15.2. The lowest BCUT2D eigenvalue weighted by Gasteiger charge is -2.43. The van der Waals surface area contributed by atoms with E-state index in [-0.39, 0.29) is 5.41 Å². The molecule has 2 nitrogen and oxygen atoms in total. The first-order valence-corrected chi connectivity index (χ1v) is 16.4. The quantitative estimate of drug-likeness (QED) is 0.185. The van der Waals surface area contributed by atoms with Gasteiger partial charge in [0.15, 0.2) is 0 Å². The summed E-state index contributed by atoms with van der Waals surface area (Å²) < 4.78 is 0. The molecule has 0 unspecified atom stereocenters. The molecule has 8 aromatic rings. The molecule has 1 heterocycles. The van der Waals surface area contributed by atoms with Gasteiger partial charge in [-0.05, 0) is 110 Å². The third-order valence-electron chi connectivity index (χ3n) is 9.97. The van der Waals surface area contributed by atoms with E-state index in [4.69, 9.17) is 0 Å². The average Bonchev–Trinajstić information content (AvgIpc) is 3.13. The first-order valence-electron chi connectivity index (χ1n) is 16.4. The Morgan fingerprint density at radius 2 is 0.830 bits per heavy atom. The zero-order valence-corrected chi connectivity index (χ0v) is 26.6. The lowest BCUT2D eigenvalue weighted by Crippen LogP contribution is -2.31. The molecular formula is C45H34N2. The third-order valence-corrected chi connectivity index (χ3v) is 9.97. The molecule has 1 aliphatic heterocycles. The number of fused-ring (bicyclic) bond motifs is 8. The summed E-state index contributed by atoms with van der Waals surface area (Å²) in [6.07, 6.45) is 0. The van der Waals surface area contributed by atoms with Crippen molar-refractivity contribution in [2.24, 2.45) is 0 Å². The summed E-state index contributed by atoms with van der Waals surface area (Å²) >= 11 is 0. The van der Waals surface area contributed by atoms with Crippen molar-refractivity contribution in [1.29, 1.82) is 0 Å². The molecular weight excluding hydrogens is 569 g/mol. The summed E-state index contributed by atoms with van der Waals surface area (Å²) in [4.78, 5) is 4.83. The van der Waals surface area contributed by atoms with Gasteiger partial charge in [0.25, 0.3) is 0 Å². The Balaban J connectivity index is 1.34. The van der Waals surface area contributed by atoms with Gasteiger partial charge in [0, 0.05) is 28.2 Å². The Bertz CT molecular complexity index is 2390. The molecule has 0 aliphatic carbocycles. The molecule has 0 aromatic heterocycles. The molecule has 8 aromatic carbocycles.